The van der Waals surface area contributed by atoms with E-state index in [4.69, 9.17) is 0 Å². The van der Waals surface area contributed by atoms with Crippen LogP contribution >= 0.6 is 0 Å². The van der Waals surface area contributed by atoms with Gasteiger partial charge in [0.05, 0.1) is 11.0 Å². The normalized spacial score (nSPS) is 12.0. The lowest BCUT2D eigenvalue weighted by Gasteiger charge is -2.05. The van der Waals surface area contributed by atoms with Crippen LogP contribution in [0.5, 0.6) is 0 Å². The van der Waals surface area contributed by atoms with Crippen molar-refractivity contribution in [3.63, 3.8) is 0 Å². The number of hydrogen-bond donors (Lipinski definition) is 1. The van der Waals surface area contributed by atoms with Crippen LogP contribution in [-0.4, -0.2) is 14.7 Å². The van der Waals surface area contributed by atoms with E-state index >= 15 is 0 Å². The minimum Gasteiger partial charge on any atom is -0.506 e. The van der Waals surface area contributed by atoms with Gasteiger partial charge in [-0.05, 0) is 36.4 Å². The number of rotatable bonds is 2. The first-order chi connectivity index (χ1) is 10.6. The van der Waals surface area contributed by atoms with Crippen molar-refractivity contribution >= 4 is 22.4 Å². The molecule has 0 aliphatic heterocycles. The van der Waals surface area contributed by atoms with Gasteiger partial charge in [0.25, 0.3) is 0 Å². The van der Waals surface area contributed by atoms with Gasteiger partial charge in [-0.2, -0.15) is 5.26 Å². The second-order valence-electron chi connectivity index (χ2n) is 4.83. The number of nitriles is 1. The molecule has 0 saturated heterocycles. The zero-order valence-electron chi connectivity index (χ0n) is 11.8. The Bertz CT molecular complexity index is 917. The summed E-state index contributed by atoms with van der Waals surface area (Å²) in [5.74, 6) is -0.260. The van der Waals surface area contributed by atoms with E-state index in [1.165, 1.54) is 24.3 Å². The number of imidazole rings is 1. The van der Waals surface area contributed by atoms with Crippen molar-refractivity contribution in [3.8, 4) is 6.07 Å². The van der Waals surface area contributed by atoms with Gasteiger partial charge in [0.15, 0.2) is 5.82 Å². The Hall–Kier alpha value is -3.13. The number of hydrogen-bond acceptors (Lipinski definition) is 3. The summed E-state index contributed by atoms with van der Waals surface area (Å²) in [6.45, 7) is 0. The summed E-state index contributed by atoms with van der Waals surface area (Å²) in [5, 5.41) is 19.8. The second-order valence-corrected chi connectivity index (χ2v) is 4.83. The number of aliphatic hydroxyl groups is 1. The highest BCUT2D eigenvalue weighted by Crippen LogP contribution is 2.26. The smallest absolute Gasteiger partial charge is 0.155 e. The highest BCUT2D eigenvalue weighted by atomic mass is 19.1. The highest BCUT2D eigenvalue weighted by molar-refractivity contribution is 5.94. The molecular formula is C17H12FN3O. The first-order valence-electron chi connectivity index (χ1n) is 6.63. The molecule has 1 heterocycles. The number of halogens is 1. The quantitative estimate of drug-likeness (QED) is 0.579. The Balaban J connectivity index is 2.21. The van der Waals surface area contributed by atoms with Gasteiger partial charge >= 0.3 is 0 Å². The van der Waals surface area contributed by atoms with Gasteiger partial charge in [-0.15, -0.1) is 0 Å². The van der Waals surface area contributed by atoms with Gasteiger partial charge in [-0.25, -0.2) is 9.37 Å². The third-order valence-corrected chi connectivity index (χ3v) is 3.48. The molecule has 0 aliphatic carbocycles. The van der Waals surface area contributed by atoms with E-state index in [0.717, 1.165) is 11.0 Å². The first-order valence-corrected chi connectivity index (χ1v) is 6.63. The molecule has 1 aromatic heterocycles. The van der Waals surface area contributed by atoms with E-state index in [2.05, 4.69) is 4.98 Å². The number of aryl methyl sites for hydroxylation is 1. The van der Waals surface area contributed by atoms with Crippen LogP contribution in [0.15, 0.2) is 48.5 Å². The molecule has 5 heteroatoms. The Morgan fingerprint density at radius 1 is 1.18 bits per heavy atom. The van der Waals surface area contributed by atoms with E-state index in [1.54, 1.807) is 11.6 Å². The molecule has 2 aromatic carbocycles. The summed E-state index contributed by atoms with van der Waals surface area (Å²) in [4.78, 5) is 4.40. The highest BCUT2D eigenvalue weighted by Gasteiger charge is 2.17. The van der Waals surface area contributed by atoms with Gasteiger partial charge in [-0.3, -0.25) is 0 Å². The van der Waals surface area contributed by atoms with Crippen LogP contribution in [0, 0.1) is 17.1 Å². The molecule has 0 bridgehead atoms. The summed E-state index contributed by atoms with van der Waals surface area (Å²) in [6, 6.07) is 14.7. The van der Waals surface area contributed by atoms with Crippen molar-refractivity contribution in [1.82, 2.24) is 9.55 Å². The molecule has 0 radical (unpaired) electrons. The van der Waals surface area contributed by atoms with Crippen molar-refractivity contribution in [3.05, 3.63) is 65.7 Å². The van der Waals surface area contributed by atoms with Gasteiger partial charge in [-0.1, -0.05) is 12.1 Å². The Kier molecular flexibility index (Phi) is 3.36. The fourth-order valence-corrected chi connectivity index (χ4v) is 2.33. The Morgan fingerprint density at radius 2 is 1.86 bits per heavy atom. The van der Waals surface area contributed by atoms with Crippen LogP contribution in [0.2, 0.25) is 0 Å². The molecule has 3 rings (SSSR count). The minimum atomic E-state index is -0.405. The maximum atomic E-state index is 13.0. The average Bonchev–Trinajstić information content (AvgIpc) is 2.86. The molecule has 0 saturated carbocycles. The molecule has 4 nitrogen and oxygen atoms in total. The standard InChI is InChI=1S/C17H12FN3O/c1-21-15-5-3-2-4-14(15)20-17(21)13(10-19)16(22)11-6-8-12(18)9-7-11/h2-9,22H,1H3. The topological polar surface area (TPSA) is 61.8 Å². The maximum Gasteiger partial charge on any atom is 0.155 e. The van der Waals surface area contributed by atoms with Crippen LogP contribution in [0.25, 0.3) is 22.4 Å². The summed E-state index contributed by atoms with van der Waals surface area (Å²) >= 11 is 0. The van der Waals surface area contributed by atoms with E-state index in [0.29, 0.717) is 11.4 Å². The number of aliphatic hydroxyl groups excluding tert-OH is 1. The Labute approximate surface area is 126 Å². The predicted octanol–water partition coefficient (Wildman–Crippen LogP) is 3.66. The van der Waals surface area contributed by atoms with E-state index in [9.17, 15) is 14.8 Å². The number of allylic oxidation sites excluding steroid dienone is 1. The van der Waals surface area contributed by atoms with Crippen molar-refractivity contribution in [2.45, 2.75) is 0 Å². The summed E-state index contributed by atoms with van der Waals surface area (Å²) in [7, 11) is 1.78. The monoisotopic (exact) mass is 293 g/mol. The second kappa shape index (κ2) is 5.34. The van der Waals surface area contributed by atoms with Crippen LogP contribution in [0.3, 0.4) is 0 Å². The molecule has 108 valence electrons. The molecule has 0 atom stereocenters. The van der Waals surface area contributed by atoms with Crippen molar-refractivity contribution in [2.24, 2.45) is 7.05 Å². The summed E-state index contributed by atoms with van der Waals surface area (Å²) in [6.07, 6.45) is 0. The van der Waals surface area contributed by atoms with Gasteiger partial charge in [0, 0.05) is 12.6 Å². The summed E-state index contributed by atoms with van der Waals surface area (Å²) in [5.41, 5.74) is 2.01. The predicted molar refractivity (Wildman–Crippen MR) is 82.2 cm³/mol. The molecule has 0 fully saturated rings. The molecule has 0 amide bonds. The Morgan fingerprint density at radius 3 is 2.50 bits per heavy atom. The van der Waals surface area contributed by atoms with E-state index < -0.39 is 5.82 Å². The molecule has 0 unspecified atom stereocenters. The van der Waals surface area contributed by atoms with E-state index in [-0.39, 0.29) is 11.3 Å². The lowest BCUT2D eigenvalue weighted by Crippen LogP contribution is -1.99. The SMILES string of the molecule is Cn1c(C(C#N)=C(O)c2ccc(F)cc2)nc2ccccc21. The van der Waals surface area contributed by atoms with Crippen LogP contribution < -0.4 is 0 Å². The third kappa shape index (κ3) is 2.21. The third-order valence-electron chi connectivity index (χ3n) is 3.48. The molecule has 0 spiro atoms. The lowest BCUT2D eigenvalue weighted by atomic mass is 10.1. The maximum absolute atomic E-state index is 13.0. The number of benzene rings is 2. The molecule has 22 heavy (non-hydrogen) atoms. The zero-order chi connectivity index (χ0) is 15.7. The van der Waals surface area contributed by atoms with Crippen LogP contribution in [0.4, 0.5) is 4.39 Å². The lowest BCUT2D eigenvalue weighted by molar-refractivity contribution is 0.513. The van der Waals surface area contributed by atoms with Crippen molar-refractivity contribution < 1.29 is 9.50 Å². The van der Waals surface area contributed by atoms with Gasteiger partial charge in [0.2, 0.25) is 0 Å². The van der Waals surface area contributed by atoms with E-state index in [1.807, 2.05) is 30.3 Å². The molecule has 1 N–H and O–H groups in total. The molecule has 0 aliphatic rings. The molecular weight excluding hydrogens is 281 g/mol. The zero-order valence-corrected chi connectivity index (χ0v) is 11.8. The molecule has 3 aromatic rings. The van der Waals surface area contributed by atoms with Crippen LogP contribution in [0.1, 0.15) is 11.4 Å². The number of para-hydroxylation sites is 2. The van der Waals surface area contributed by atoms with Crippen molar-refractivity contribution in [1.29, 1.82) is 5.26 Å². The fraction of sp³-hybridized carbons (Fsp3) is 0.0588. The van der Waals surface area contributed by atoms with Crippen LogP contribution in [-0.2, 0) is 7.05 Å². The summed E-state index contributed by atoms with van der Waals surface area (Å²) < 4.78 is 14.7. The number of aromatic nitrogens is 2. The number of fused-ring (bicyclic) bond motifs is 1. The first kappa shape index (κ1) is 13.8. The van der Waals surface area contributed by atoms with Crippen molar-refractivity contribution in [2.75, 3.05) is 0 Å². The minimum absolute atomic E-state index is 0.0466. The van der Waals surface area contributed by atoms with Gasteiger partial charge in [0.1, 0.15) is 23.2 Å². The number of nitrogens with zero attached hydrogens (tertiary/aromatic N) is 3. The van der Waals surface area contributed by atoms with Gasteiger partial charge < -0.3 is 9.67 Å². The average molecular weight is 293 g/mol. The largest absolute Gasteiger partial charge is 0.506 e. The fourth-order valence-electron chi connectivity index (χ4n) is 2.33.